The SMILES string of the molecule is Cc1ccc(C(=O)N2c3ccccc3CC2C)nn1. The van der Waals surface area contributed by atoms with Crippen LogP contribution < -0.4 is 4.90 Å². The first-order valence-corrected chi connectivity index (χ1v) is 6.38. The molecule has 0 N–H and O–H groups in total. The lowest BCUT2D eigenvalue weighted by Gasteiger charge is -2.22. The second-order valence-electron chi connectivity index (χ2n) is 4.92. The number of amides is 1. The van der Waals surface area contributed by atoms with E-state index in [9.17, 15) is 4.79 Å². The van der Waals surface area contributed by atoms with Gasteiger partial charge >= 0.3 is 0 Å². The van der Waals surface area contributed by atoms with Gasteiger partial charge in [-0.3, -0.25) is 4.79 Å². The Labute approximate surface area is 112 Å². The monoisotopic (exact) mass is 253 g/mol. The van der Waals surface area contributed by atoms with Gasteiger partial charge in [-0.05, 0) is 44.0 Å². The largest absolute Gasteiger partial charge is 0.304 e. The zero-order valence-electron chi connectivity index (χ0n) is 11.0. The third-order valence-corrected chi connectivity index (χ3v) is 3.44. The Kier molecular flexibility index (Phi) is 2.78. The Hall–Kier alpha value is -2.23. The Morgan fingerprint density at radius 2 is 2.00 bits per heavy atom. The highest BCUT2D eigenvalue weighted by molar-refractivity contribution is 6.06. The number of carbonyl (C=O) groups is 1. The maximum atomic E-state index is 12.6. The van der Waals surface area contributed by atoms with Crippen LogP contribution in [0.15, 0.2) is 36.4 Å². The van der Waals surface area contributed by atoms with Gasteiger partial charge in [-0.25, -0.2) is 0 Å². The summed E-state index contributed by atoms with van der Waals surface area (Å²) in [6.45, 7) is 3.91. The number of carbonyl (C=O) groups excluding carboxylic acids is 1. The van der Waals surface area contributed by atoms with Crippen molar-refractivity contribution >= 4 is 11.6 Å². The number of para-hydroxylation sites is 1. The third-order valence-electron chi connectivity index (χ3n) is 3.44. The molecular formula is C15H15N3O. The molecule has 2 aromatic rings. The highest BCUT2D eigenvalue weighted by Crippen LogP contribution is 2.32. The smallest absolute Gasteiger partial charge is 0.279 e. The molecule has 2 heterocycles. The molecule has 1 atom stereocenters. The van der Waals surface area contributed by atoms with Crippen LogP contribution in [0.25, 0.3) is 0 Å². The maximum Gasteiger partial charge on any atom is 0.279 e. The lowest BCUT2D eigenvalue weighted by atomic mass is 10.1. The summed E-state index contributed by atoms with van der Waals surface area (Å²) in [5.41, 5.74) is 3.41. The van der Waals surface area contributed by atoms with Gasteiger partial charge < -0.3 is 4.90 Å². The Morgan fingerprint density at radius 3 is 2.74 bits per heavy atom. The standard InChI is InChI=1S/C15H15N3O/c1-10-7-8-13(17-16-10)15(19)18-11(2)9-12-5-3-4-6-14(12)18/h3-8,11H,9H2,1-2H3. The van der Waals surface area contributed by atoms with Gasteiger partial charge in [0.1, 0.15) is 0 Å². The maximum absolute atomic E-state index is 12.6. The number of hydrogen-bond acceptors (Lipinski definition) is 3. The molecule has 0 spiro atoms. The fourth-order valence-electron chi connectivity index (χ4n) is 2.51. The fourth-order valence-corrected chi connectivity index (χ4v) is 2.51. The Balaban J connectivity index is 1.98. The molecule has 4 nitrogen and oxygen atoms in total. The molecule has 1 aliphatic heterocycles. The fraction of sp³-hybridized carbons (Fsp3) is 0.267. The van der Waals surface area contributed by atoms with Gasteiger partial charge in [-0.2, -0.15) is 5.10 Å². The van der Waals surface area contributed by atoms with E-state index in [-0.39, 0.29) is 11.9 Å². The topological polar surface area (TPSA) is 46.1 Å². The zero-order chi connectivity index (χ0) is 13.4. The van der Waals surface area contributed by atoms with Crippen LogP contribution >= 0.6 is 0 Å². The third kappa shape index (κ3) is 1.99. The highest BCUT2D eigenvalue weighted by Gasteiger charge is 2.31. The molecule has 0 saturated carbocycles. The van der Waals surface area contributed by atoms with Crippen LogP contribution in [0.1, 0.15) is 28.7 Å². The van der Waals surface area contributed by atoms with Crippen LogP contribution in [0.2, 0.25) is 0 Å². The summed E-state index contributed by atoms with van der Waals surface area (Å²) in [4.78, 5) is 14.4. The number of nitrogens with zero attached hydrogens (tertiary/aromatic N) is 3. The highest BCUT2D eigenvalue weighted by atomic mass is 16.2. The van der Waals surface area contributed by atoms with Gasteiger partial charge in [0, 0.05) is 11.7 Å². The van der Waals surface area contributed by atoms with Crippen molar-refractivity contribution in [3.8, 4) is 0 Å². The minimum absolute atomic E-state index is 0.0787. The van der Waals surface area contributed by atoms with Gasteiger partial charge in [0.05, 0.1) is 5.69 Å². The molecule has 0 fully saturated rings. The summed E-state index contributed by atoms with van der Waals surface area (Å²) in [6.07, 6.45) is 0.890. The quantitative estimate of drug-likeness (QED) is 0.784. The van der Waals surface area contributed by atoms with Crippen LogP contribution in [0.4, 0.5) is 5.69 Å². The lowest BCUT2D eigenvalue weighted by molar-refractivity contribution is 0.0975. The number of anilines is 1. The number of aromatic nitrogens is 2. The van der Waals surface area contributed by atoms with E-state index >= 15 is 0 Å². The molecule has 4 heteroatoms. The predicted molar refractivity (Wildman–Crippen MR) is 73.2 cm³/mol. The van der Waals surface area contributed by atoms with Crippen molar-refractivity contribution in [2.75, 3.05) is 4.90 Å². The first-order chi connectivity index (χ1) is 9.16. The summed E-state index contributed by atoms with van der Waals surface area (Å²) >= 11 is 0. The second-order valence-corrected chi connectivity index (χ2v) is 4.92. The van der Waals surface area contributed by atoms with Gasteiger partial charge in [0.2, 0.25) is 0 Å². The van der Waals surface area contributed by atoms with Gasteiger partial charge in [-0.1, -0.05) is 18.2 Å². The second kappa shape index (κ2) is 4.46. The number of benzene rings is 1. The van der Waals surface area contributed by atoms with Crippen LogP contribution in [0, 0.1) is 6.92 Å². The van der Waals surface area contributed by atoms with Crippen molar-refractivity contribution in [3.63, 3.8) is 0 Å². The van der Waals surface area contributed by atoms with Crippen molar-refractivity contribution in [1.82, 2.24) is 10.2 Å². The van der Waals surface area contributed by atoms with E-state index in [1.807, 2.05) is 36.1 Å². The molecule has 0 radical (unpaired) electrons. The summed E-state index contributed by atoms with van der Waals surface area (Å²) in [6, 6.07) is 11.7. The van der Waals surface area contributed by atoms with Crippen LogP contribution in [0.5, 0.6) is 0 Å². The minimum Gasteiger partial charge on any atom is -0.304 e. The van der Waals surface area contributed by atoms with E-state index < -0.39 is 0 Å². The first kappa shape index (κ1) is 11.8. The Bertz CT molecular complexity index is 622. The van der Waals surface area contributed by atoms with Crippen LogP contribution in [-0.2, 0) is 6.42 Å². The number of rotatable bonds is 1. The van der Waals surface area contributed by atoms with Gasteiger partial charge in [-0.15, -0.1) is 5.10 Å². The average Bonchev–Trinajstić information content (AvgIpc) is 2.74. The van der Waals surface area contributed by atoms with E-state index in [1.54, 1.807) is 6.07 Å². The zero-order valence-corrected chi connectivity index (χ0v) is 11.0. The number of hydrogen-bond donors (Lipinski definition) is 0. The Morgan fingerprint density at radius 1 is 1.21 bits per heavy atom. The molecule has 1 unspecified atom stereocenters. The normalized spacial score (nSPS) is 17.4. The number of fused-ring (bicyclic) bond motifs is 1. The lowest BCUT2D eigenvalue weighted by Crippen LogP contribution is -2.36. The summed E-state index contributed by atoms with van der Waals surface area (Å²) in [5, 5.41) is 7.94. The van der Waals surface area contributed by atoms with E-state index in [0.29, 0.717) is 5.69 Å². The van der Waals surface area contributed by atoms with Crippen molar-refractivity contribution in [2.45, 2.75) is 26.3 Å². The van der Waals surface area contributed by atoms with Crippen LogP contribution in [0.3, 0.4) is 0 Å². The molecule has 0 saturated heterocycles. The molecule has 1 aromatic carbocycles. The summed E-state index contributed by atoms with van der Waals surface area (Å²) < 4.78 is 0. The van der Waals surface area contributed by atoms with E-state index in [1.165, 1.54) is 5.56 Å². The molecule has 1 aliphatic rings. The minimum atomic E-state index is -0.0787. The number of aryl methyl sites for hydroxylation is 1. The van der Waals surface area contributed by atoms with Crippen molar-refractivity contribution in [3.05, 3.63) is 53.3 Å². The first-order valence-electron chi connectivity index (χ1n) is 6.38. The van der Waals surface area contributed by atoms with Gasteiger partial charge in [0.25, 0.3) is 5.91 Å². The van der Waals surface area contributed by atoms with E-state index in [2.05, 4.69) is 23.2 Å². The average molecular weight is 253 g/mol. The van der Waals surface area contributed by atoms with Crippen molar-refractivity contribution in [2.24, 2.45) is 0 Å². The molecule has 19 heavy (non-hydrogen) atoms. The molecule has 1 amide bonds. The summed E-state index contributed by atoms with van der Waals surface area (Å²) in [5.74, 6) is -0.0787. The summed E-state index contributed by atoms with van der Waals surface area (Å²) in [7, 11) is 0. The van der Waals surface area contributed by atoms with Gasteiger partial charge in [0.15, 0.2) is 5.69 Å². The molecule has 96 valence electrons. The molecule has 3 rings (SSSR count). The van der Waals surface area contributed by atoms with Crippen LogP contribution in [-0.4, -0.2) is 22.1 Å². The molecule has 1 aromatic heterocycles. The predicted octanol–water partition coefficient (Wildman–Crippen LogP) is 2.38. The van der Waals surface area contributed by atoms with E-state index in [4.69, 9.17) is 0 Å². The molecular weight excluding hydrogens is 238 g/mol. The van der Waals surface area contributed by atoms with E-state index in [0.717, 1.165) is 17.8 Å². The molecule has 0 bridgehead atoms. The molecule has 0 aliphatic carbocycles. The van der Waals surface area contributed by atoms with Crippen molar-refractivity contribution in [1.29, 1.82) is 0 Å². The van der Waals surface area contributed by atoms with Crippen molar-refractivity contribution < 1.29 is 4.79 Å².